The average Bonchev–Trinajstić information content (AvgIpc) is 2.85. The van der Waals surface area contributed by atoms with Crippen molar-refractivity contribution in [2.75, 3.05) is 10.6 Å². The monoisotopic (exact) mass is 520 g/mol. The van der Waals surface area contributed by atoms with Crippen molar-refractivity contribution in [2.24, 2.45) is 0 Å². The Morgan fingerprint density at radius 3 is 2.26 bits per heavy atom. The van der Waals surface area contributed by atoms with Gasteiger partial charge >= 0.3 is 0 Å². The van der Waals surface area contributed by atoms with E-state index in [0.29, 0.717) is 27.0 Å². The summed E-state index contributed by atoms with van der Waals surface area (Å²) in [5.74, 6) is -0.415. The van der Waals surface area contributed by atoms with Gasteiger partial charge in [-0.2, -0.15) is 0 Å². The van der Waals surface area contributed by atoms with Gasteiger partial charge in [0.2, 0.25) is 5.91 Å². The number of nitrogens with one attached hydrogen (secondary N) is 2. The van der Waals surface area contributed by atoms with Crippen LogP contribution in [0.4, 0.5) is 11.4 Å². The molecule has 35 heavy (non-hydrogen) atoms. The molecule has 2 N–H and O–H groups in total. The van der Waals surface area contributed by atoms with Crippen LogP contribution in [0.1, 0.15) is 26.7 Å². The summed E-state index contributed by atoms with van der Waals surface area (Å²) in [5, 5.41) is 6.15. The van der Waals surface area contributed by atoms with E-state index in [4.69, 9.17) is 23.2 Å². The number of hydrogen-bond acceptors (Lipinski definition) is 3. The SMILES string of the molecule is Cc1ccc(C(=O)Nc2cccc(SC(C(=O)Nc3ccc(Cl)cc3Cl)c3ccccc3)c2)cc1. The fraction of sp³-hybridized carbons (Fsp3) is 0.0714. The predicted molar refractivity (Wildman–Crippen MR) is 146 cm³/mol. The third-order valence-electron chi connectivity index (χ3n) is 5.19. The number of benzene rings is 4. The van der Waals surface area contributed by atoms with Crippen molar-refractivity contribution >= 4 is 58.2 Å². The Bertz CT molecular complexity index is 1340. The number of halogens is 2. The molecule has 176 valence electrons. The van der Waals surface area contributed by atoms with Crippen LogP contribution in [0.15, 0.2) is 102 Å². The first-order valence-electron chi connectivity index (χ1n) is 10.8. The summed E-state index contributed by atoms with van der Waals surface area (Å²) < 4.78 is 0. The van der Waals surface area contributed by atoms with Gasteiger partial charge in [0.15, 0.2) is 0 Å². The zero-order valence-electron chi connectivity index (χ0n) is 18.8. The fourth-order valence-corrected chi connectivity index (χ4v) is 4.92. The van der Waals surface area contributed by atoms with Crippen molar-refractivity contribution in [3.8, 4) is 0 Å². The molecule has 0 radical (unpaired) electrons. The smallest absolute Gasteiger partial charge is 0.255 e. The number of hydrogen-bond donors (Lipinski definition) is 2. The Labute approximate surface area is 218 Å². The van der Waals surface area contributed by atoms with E-state index in [-0.39, 0.29) is 11.8 Å². The summed E-state index contributed by atoms with van der Waals surface area (Å²) in [6.07, 6.45) is 0. The Balaban J connectivity index is 1.55. The van der Waals surface area contributed by atoms with Gasteiger partial charge in [-0.15, -0.1) is 11.8 Å². The molecule has 4 aromatic rings. The summed E-state index contributed by atoms with van der Waals surface area (Å²) in [6, 6.07) is 29.3. The molecule has 0 saturated heterocycles. The number of anilines is 2. The highest BCUT2D eigenvalue weighted by Crippen LogP contribution is 2.38. The molecular weight excluding hydrogens is 499 g/mol. The molecule has 4 rings (SSSR count). The predicted octanol–water partition coefficient (Wildman–Crippen LogP) is 8.03. The van der Waals surface area contributed by atoms with Gasteiger partial charge in [-0.25, -0.2) is 0 Å². The number of carbonyl (C=O) groups is 2. The summed E-state index contributed by atoms with van der Waals surface area (Å²) in [5.41, 5.74) is 3.64. The van der Waals surface area contributed by atoms with Crippen molar-refractivity contribution in [1.82, 2.24) is 0 Å². The van der Waals surface area contributed by atoms with Crippen LogP contribution >= 0.6 is 35.0 Å². The lowest BCUT2D eigenvalue weighted by molar-refractivity contribution is -0.115. The van der Waals surface area contributed by atoms with Crippen LogP contribution in [-0.4, -0.2) is 11.8 Å². The van der Waals surface area contributed by atoms with Gasteiger partial charge in [-0.05, 0) is 61.0 Å². The van der Waals surface area contributed by atoms with Crippen LogP contribution in [0.5, 0.6) is 0 Å². The zero-order valence-corrected chi connectivity index (χ0v) is 21.1. The summed E-state index contributed by atoms with van der Waals surface area (Å²) in [4.78, 5) is 26.8. The minimum atomic E-state index is -0.550. The van der Waals surface area contributed by atoms with E-state index < -0.39 is 5.25 Å². The van der Waals surface area contributed by atoms with Gasteiger partial charge in [0.1, 0.15) is 5.25 Å². The molecule has 2 amide bonds. The molecule has 0 aliphatic carbocycles. The second kappa shape index (κ2) is 11.5. The van der Waals surface area contributed by atoms with E-state index in [1.54, 1.807) is 30.3 Å². The molecule has 0 fully saturated rings. The van der Waals surface area contributed by atoms with Crippen LogP contribution in [0.2, 0.25) is 10.0 Å². The Hall–Kier alpha value is -3.25. The minimum absolute atomic E-state index is 0.193. The first-order valence-corrected chi connectivity index (χ1v) is 12.5. The number of rotatable bonds is 7. The molecule has 4 aromatic carbocycles. The largest absolute Gasteiger partial charge is 0.323 e. The minimum Gasteiger partial charge on any atom is -0.323 e. The molecule has 7 heteroatoms. The summed E-state index contributed by atoms with van der Waals surface area (Å²) in [7, 11) is 0. The topological polar surface area (TPSA) is 58.2 Å². The van der Waals surface area contributed by atoms with Gasteiger partial charge < -0.3 is 10.6 Å². The molecule has 0 heterocycles. The summed E-state index contributed by atoms with van der Waals surface area (Å²) in [6.45, 7) is 1.97. The lowest BCUT2D eigenvalue weighted by Crippen LogP contribution is -2.19. The van der Waals surface area contributed by atoms with Crippen molar-refractivity contribution in [3.63, 3.8) is 0 Å². The highest BCUT2D eigenvalue weighted by atomic mass is 35.5. The van der Waals surface area contributed by atoms with Gasteiger partial charge in [0.05, 0.1) is 10.7 Å². The summed E-state index contributed by atoms with van der Waals surface area (Å²) >= 11 is 13.6. The van der Waals surface area contributed by atoms with E-state index in [1.807, 2.05) is 73.7 Å². The highest BCUT2D eigenvalue weighted by Gasteiger charge is 2.23. The molecule has 0 aromatic heterocycles. The second-order valence-electron chi connectivity index (χ2n) is 7.87. The lowest BCUT2D eigenvalue weighted by atomic mass is 10.1. The molecule has 4 nitrogen and oxygen atoms in total. The van der Waals surface area contributed by atoms with Crippen molar-refractivity contribution in [2.45, 2.75) is 17.1 Å². The number of aryl methyl sites for hydroxylation is 1. The van der Waals surface area contributed by atoms with E-state index in [1.165, 1.54) is 11.8 Å². The van der Waals surface area contributed by atoms with Crippen molar-refractivity contribution < 1.29 is 9.59 Å². The van der Waals surface area contributed by atoms with Crippen LogP contribution < -0.4 is 10.6 Å². The Morgan fingerprint density at radius 2 is 1.54 bits per heavy atom. The molecule has 0 bridgehead atoms. The Morgan fingerprint density at radius 1 is 0.800 bits per heavy atom. The molecule has 0 aliphatic rings. The number of amides is 2. The average molecular weight is 521 g/mol. The van der Waals surface area contributed by atoms with Crippen LogP contribution in [-0.2, 0) is 4.79 Å². The van der Waals surface area contributed by atoms with Crippen LogP contribution in [0.3, 0.4) is 0 Å². The second-order valence-corrected chi connectivity index (χ2v) is 9.89. The van der Waals surface area contributed by atoms with Crippen molar-refractivity contribution in [1.29, 1.82) is 0 Å². The molecule has 0 spiro atoms. The normalized spacial score (nSPS) is 11.5. The van der Waals surface area contributed by atoms with Gasteiger partial charge in [-0.3, -0.25) is 9.59 Å². The van der Waals surface area contributed by atoms with E-state index in [2.05, 4.69) is 10.6 Å². The molecule has 1 atom stereocenters. The van der Waals surface area contributed by atoms with Crippen LogP contribution in [0, 0.1) is 6.92 Å². The fourth-order valence-electron chi connectivity index (χ4n) is 3.38. The maximum absolute atomic E-state index is 13.3. The maximum atomic E-state index is 13.3. The van der Waals surface area contributed by atoms with Crippen LogP contribution in [0.25, 0.3) is 0 Å². The third-order valence-corrected chi connectivity index (χ3v) is 6.98. The number of carbonyl (C=O) groups excluding carboxylic acids is 2. The highest BCUT2D eigenvalue weighted by molar-refractivity contribution is 8.00. The van der Waals surface area contributed by atoms with E-state index in [0.717, 1.165) is 16.0 Å². The standard InChI is InChI=1S/C28H22Cl2N2O2S/c1-18-10-12-20(13-11-18)27(33)31-22-8-5-9-23(17-22)35-26(19-6-3-2-4-7-19)28(34)32-25-15-14-21(29)16-24(25)30/h2-17,26H,1H3,(H,31,33)(H,32,34). The molecule has 0 saturated carbocycles. The first kappa shape index (κ1) is 24.9. The number of thioether (sulfide) groups is 1. The lowest BCUT2D eigenvalue weighted by Gasteiger charge is -2.18. The molecular formula is C28H22Cl2N2O2S. The van der Waals surface area contributed by atoms with Crippen molar-refractivity contribution in [3.05, 3.63) is 124 Å². The van der Waals surface area contributed by atoms with E-state index in [9.17, 15) is 9.59 Å². The zero-order chi connectivity index (χ0) is 24.8. The van der Waals surface area contributed by atoms with Gasteiger partial charge in [0, 0.05) is 21.2 Å². The third kappa shape index (κ3) is 6.67. The molecule has 0 aliphatic heterocycles. The quantitative estimate of drug-likeness (QED) is 0.242. The molecule has 1 unspecified atom stereocenters. The van der Waals surface area contributed by atoms with Gasteiger partial charge in [0.25, 0.3) is 5.91 Å². The van der Waals surface area contributed by atoms with Gasteiger partial charge in [-0.1, -0.05) is 77.3 Å². The van der Waals surface area contributed by atoms with E-state index >= 15 is 0 Å². The maximum Gasteiger partial charge on any atom is 0.255 e. The Kier molecular flexibility index (Phi) is 8.13. The first-order chi connectivity index (χ1) is 16.9.